The Morgan fingerprint density at radius 1 is 1.50 bits per heavy atom. The molecule has 2 aromatic rings. The van der Waals surface area contributed by atoms with Gasteiger partial charge in [-0.1, -0.05) is 0 Å². The zero-order chi connectivity index (χ0) is 11.4. The minimum atomic E-state index is -1.01. The molecule has 2 aromatic heterocycles. The summed E-state index contributed by atoms with van der Waals surface area (Å²) in [6.07, 6.45) is 2.84. The van der Waals surface area contributed by atoms with E-state index in [1.807, 2.05) is 16.8 Å². The molecule has 0 aliphatic rings. The zero-order valence-corrected chi connectivity index (χ0v) is 9.11. The standard InChI is InChI=1S/C11H9NO3S/c13-11(14)9-1-3-12-5-10(9)15-6-8-2-4-16-7-8/h1-5,7H,6H2,(H,13,14). The van der Waals surface area contributed by atoms with Crippen molar-refractivity contribution in [3.05, 3.63) is 46.4 Å². The molecule has 1 N–H and O–H groups in total. The minimum absolute atomic E-state index is 0.130. The highest BCUT2D eigenvalue weighted by Crippen LogP contribution is 2.18. The van der Waals surface area contributed by atoms with Gasteiger partial charge in [0.2, 0.25) is 0 Å². The summed E-state index contributed by atoms with van der Waals surface area (Å²) >= 11 is 1.57. The van der Waals surface area contributed by atoms with E-state index in [1.54, 1.807) is 11.3 Å². The molecule has 0 radical (unpaired) electrons. The van der Waals surface area contributed by atoms with E-state index in [-0.39, 0.29) is 5.56 Å². The van der Waals surface area contributed by atoms with Gasteiger partial charge in [-0.3, -0.25) is 4.98 Å². The second kappa shape index (κ2) is 4.76. The van der Waals surface area contributed by atoms with E-state index in [2.05, 4.69) is 4.98 Å². The highest BCUT2D eigenvalue weighted by molar-refractivity contribution is 7.07. The van der Waals surface area contributed by atoms with Gasteiger partial charge in [-0.15, -0.1) is 0 Å². The Hall–Kier alpha value is -1.88. The molecule has 0 aliphatic heterocycles. The third-order valence-electron chi connectivity index (χ3n) is 1.99. The smallest absolute Gasteiger partial charge is 0.339 e. The quantitative estimate of drug-likeness (QED) is 0.884. The molecule has 0 unspecified atom stereocenters. The van der Waals surface area contributed by atoms with Gasteiger partial charge in [-0.2, -0.15) is 11.3 Å². The molecule has 0 spiro atoms. The molecule has 0 saturated carbocycles. The normalized spacial score (nSPS) is 10.0. The fourth-order valence-electron chi connectivity index (χ4n) is 1.21. The molecule has 82 valence electrons. The Bertz CT molecular complexity index is 482. The van der Waals surface area contributed by atoms with Crippen molar-refractivity contribution in [3.63, 3.8) is 0 Å². The van der Waals surface area contributed by atoms with E-state index < -0.39 is 5.97 Å². The van der Waals surface area contributed by atoms with Crippen molar-refractivity contribution in [2.45, 2.75) is 6.61 Å². The SMILES string of the molecule is O=C(O)c1ccncc1OCc1ccsc1. The van der Waals surface area contributed by atoms with Gasteiger partial charge in [0.05, 0.1) is 6.20 Å². The highest BCUT2D eigenvalue weighted by atomic mass is 32.1. The van der Waals surface area contributed by atoms with Crippen molar-refractivity contribution < 1.29 is 14.6 Å². The number of nitrogens with zero attached hydrogens (tertiary/aromatic N) is 1. The van der Waals surface area contributed by atoms with Crippen LogP contribution in [-0.4, -0.2) is 16.1 Å². The molecule has 0 fully saturated rings. The van der Waals surface area contributed by atoms with Crippen LogP contribution in [-0.2, 0) is 6.61 Å². The van der Waals surface area contributed by atoms with Crippen LogP contribution in [0.4, 0.5) is 0 Å². The number of hydrogen-bond acceptors (Lipinski definition) is 4. The summed E-state index contributed by atoms with van der Waals surface area (Å²) in [5, 5.41) is 12.8. The Kier molecular flexibility index (Phi) is 3.16. The number of carboxylic acids is 1. The van der Waals surface area contributed by atoms with Gasteiger partial charge in [0, 0.05) is 6.20 Å². The van der Waals surface area contributed by atoms with Gasteiger partial charge in [0.25, 0.3) is 0 Å². The second-order valence-corrected chi connectivity index (χ2v) is 3.88. The molecule has 0 saturated heterocycles. The molecule has 0 aromatic carbocycles. The molecule has 0 amide bonds. The molecular weight excluding hydrogens is 226 g/mol. The molecule has 4 nitrogen and oxygen atoms in total. The summed E-state index contributed by atoms with van der Waals surface area (Å²) in [6.45, 7) is 0.357. The first-order chi connectivity index (χ1) is 7.77. The molecule has 0 atom stereocenters. The lowest BCUT2D eigenvalue weighted by Crippen LogP contribution is -2.03. The van der Waals surface area contributed by atoms with E-state index >= 15 is 0 Å². The average Bonchev–Trinajstić information content (AvgIpc) is 2.79. The largest absolute Gasteiger partial charge is 0.486 e. The van der Waals surface area contributed by atoms with Crippen molar-refractivity contribution in [3.8, 4) is 5.75 Å². The Balaban J connectivity index is 2.12. The van der Waals surface area contributed by atoms with Gasteiger partial charge < -0.3 is 9.84 Å². The van der Waals surface area contributed by atoms with Crippen LogP contribution in [0.15, 0.2) is 35.3 Å². The van der Waals surface area contributed by atoms with E-state index in [9.17, 15) is 4.79 Å². The van der Waals surface area contributed by atoms with Gasteiger partial charge in [-0.05, 0) is 28.5 Å². The summed E-state index contributed by atoms with van der Waals surface area (Å²) in [6, 6.07) is 3.35. The van der Waals surface area contributed by atoms with Gasteiger partial charge in [0.1, 0.15) is 12.2 Å². The van der Waals surface area contributed by atoms with E-state index in [4.69, 9.17) is 9.84 Å². The third kappa shape index (κ3) is 2.38. The first kappa shape index (κ1) is 10.6. The summed E-state index contributed by atoms with van der Waals surface area (Å²) < 4.78 is 5.41. The monoisotopic (exact) mass is 235 g/mol. The van der Waals surface area contributed by atoms with Crippen LogP contribution in [0.2, 0.25) is 0 Å². The van der Waals surface area contributed by atoms with Crippen LogP contribution in [0.25, 0.3) is 0 Å². The third-order valence-corrected chi connectivity index (χ3v) is 2.72. The summed E-state index contributed by atoms with van der Waals surface area (Å²) in [7, 11) is 0. The molecular formula is C11H9NO3S. The van der Waals surface area contributed by atoms with Crippen LogP contribution in [0, 0.1) is 0 Å². The predicted octanol–water partition coefficient (Wildman–Crippen LogP) is 2.42. The minimum Gasteiger partial charge on any atom is -0.486 e. The van der Waals surface area contributed by atoms with E-state index in [0.717, 1.165) is 5.56 Å². The number of thiophene rings is 1. The number of aromatic carboxylic acids is 1. The second-order valence-electron chi connectivity index (χ2n) is 3.10. The number of aromatic nitrogens is 1. The van der Waals surface area contributed by atoms with Crippen LogP contribution in [0.5, 0.6) is 5.75 Å². The number of hydrogen-bond donors (Lipinski definition) is 1. The zero-order valence-electron chi connectivity index (χ0n) is 8.29. The lowest BCUT2D eigenvalue weighted by Gasteiger charge is -2.06. The molecule has 16 heavy (non-hydrogen) atoms. The number of ether oxygens (including phenoxy) is 1. The summed E-state index contributed by atoms with van der Waals surface area (Å²) in [5.41, 5.74) is 1.15. The van der Waals surface area contributed by atoms with Crippen LogP contribution in [0.3, 0.4) is 0 Å². The molecule has 5 heteroatoms. The van der Waals surface area contributed by atoms with Crippen LogP contribution in [0.1, 0.15) is 15.9 Å². The van der Waals surface area contributed by atoms with Crippen LogP contribution >= 0.6 is 11.3 Å². The van der Waals surface area contributed by atoms with Gasteiger partial charge in [0.15, 0.2) is 5.75 Å². The maximum Gasteiger partial charge on any atom is 0.339 e. The fraction of sp³-hybridized carbons (Fsp3) is 0.0909. The highest BCUT2D eigenvalue weighted by Gasteiger charge is 2.10. The lowest BCUT2D eigenvalue weighted by atomic mass is 10.2. The summed E-state index contributed by atoms with van der Waals surface area (Å²) in [5.74, 6) is -0.719. The number of carbonyl (C=O) groups is 1. The lowest BCUT2D eigenvalue weighted by molar-refractivity contribution is 0.0691. The topological polar surface area (TPSA) is 59.4 Å². The molecule has 2 heterocycles. The fourth-order valence-corrected chi connectivity index (χ4v) is 1.86. The van der Waals surface area contributed by atoms with Crippen molar-refractivity contribution >= 4 is 17.3 Å². The first-order valence-corrected chi connectivity index (χ1v) is 5.53. The van der Waals surface area contributed by atoms with Crippen molar-refractivity contribution in [2.75, 3.05) is 0 Å². The number of carboxylic acid groups (broad SMARTS) is 1. The maximum absolute atomic E-state index is 10.9. The Labute approximate surface area is 96.1 Å². The Morgan fingerprint density at radius 2 is 2.38 bits per heavy atom. The van der Waals surface area contributed by atoms with Crippen molar-refractivity contribution in [2.24, 2.45) is 0 Å². The van der Waals surface area contributed by atoms with Crippen molar-refractivity contribution in [1.82, 2.24) is 4.98 Å². The van der Waals surface area contributed by atoms with E-state index in [1.165, 1.54) is 18.5 Å². The molecule has 0 aliphatic carbocycles. The van der Waals surface area contributed by atoms with Crippen molar-refractivity contribution in [1.29, 1.82) is 0 Å². The average molecular weight is 235 g/mol. The predicted molar refractivity (Wildman–Crippen MR) is 59.8 cm³/mol. The van der Waals surface area contributed by atoms with Gasteiger partial charge >= 0.3 is 5.97 Å². The Morgan fingerprint density at radius 3 is 3.06 bits per heavy atom. The molecule has 2 rings (SSSR count). The maximum atomic E-state index is 10.9. The van der Waals surface area contributed by atoms with E-state index in [0.29, 0.717) is 12.4 Å². The first-order valence-electron chi connectivity index (χ1n) is 4.58. The van der Waals surface area contributed by atoms with Gasteiger partial charge in [-0.25, -0.2) is 4.79 Å². The molecule has 0 bridgehead atoms. The number of pyridine rings is 1. The number of rotatable bonds is 4. The summed E-state index contributed by atoms with van der Waals surface area (Å²) in [4.78, 5) is 14.7. The van der Waals surface area contributed by atoms with Crippen LogP contribution < -0.4 is 4.74 Å².